The van der Waals surface area contributed by atoms with Gasteiger partial charge >= 0.3 is 0 Å². The molecule has 1 aromatic carbocycles. The lowest BCUT2D eigenvalue weighted by Gasteiger charge is -2.32. The monoisotopic (exact) mass is 404 g/mol. The van der Waals surface area contributed by atoms with Crippen molar-refractivity contribution in [1.82, 2.24) is 9.62 Å². The molecule has 6 heteroatoms. The van der Waals surface area contributed by atoms with E-state index >= 15 is 0 Å². The fraction of sp³-hybridized carbons (Fsp3) is 0.682. The molecule has 1 amide bonds. The first-order valence-electron chi connectivity index (χ1n) is 10.8. The Balaban J connectivity index is 1.21. The molecule has 2 aliphatic carbocycles. The Hall–Kier alpha value is -1.40. The highest BCUT2D eigenvalue weighted by atomic mass is 32.2. The van der Waals surface area contributed by atoms with E-state index in [-0.39, 0.29) is 17.6 Å². The number of benzene rings is 1. The van der Waals surface area contributed by atoms with Crippen molar-refractivity contribution in [3.05, 3.63) is 35.9 Å². The summed E-state index contributed by atoms with van der Waals surface area (Å²) in [6, 6.07) is 10.4. The van der Waals surface area contributed by atoms with Crippen LogP contribution in [0.15, 0.2) is 30.3 Å². The Bertz CT molecular complexity index is 772. The van der Waals surface area contributed by atoms with Crippen LogP contribution in [0.3, 0.4) is 0 Å². The first kappa shape index (κ1) is 19.9. The highest BCUT2D eigenvalue weighted by Gasteiger charge is 2.41. The molecule has 2 saturated carbocycles. The topological polar surface area (TPSA) is 66.5 Å². The van der Waals surface area contributed by atoms with Crippen LogP contribution in [-0.4, -0.2) is 43.5 Å². The highest BCUT2D eigenvalue weighted by Crippen LogP contribution is 2.44. The van der Waals surface area contributed by atoms with Gasteiger partial charge in [0.05, 0.1) is 5.75 Å². The fourth-order valence-electron chi connectivity index (χ4n) is 5.35. The maximum atomic E-state index is 12.6. The molecular weight excluding hydrogens is 372 g/mol. The van der Waals surface area contributed by atoms with E-state index in [2.05, 4.69) is 5.32 Å². The quantitative estimate of drug-likeness (QED) is 0.760. The van der Waals surface area contributed by atoms with Crippen LogP contribution in [0.1, 0.15) is 50.5 Å². The fourth-order valence-corrected chi connectivity index (χ4v) is 6.89. The largest absolute Gasteiger partial charge is 0.353 e. The molecule has 0 radical (unpaired) electrons. The molecule has 1 N–H and O–H groups in total. The molecule has 1 aromatic rings. The molecule has 4 rings (SSSR count). The number of carbonyl (C=O) groups is 1. The summed E-state index contributed by atoms with van der Waals surface area (Å²) in [5.41, 5.74) is 1.17. The number of nitrogens with zero attached hydrogens (tertiary/aromatic N) is 1. The van der Waals surface area contributed by atoms with Gasteiger partial charge in [-0.15, -0.1) is 0 Å². The molecule has 28 heavy (non-hydrogen) atoms. The van der Waals surface area contributed by atoms with Gasteiger partial charge in [0.15, 0.2) is 0 Å². The van der Waals surface area contributed by atoms with Crippen molar-refractivity contribution in [3.63, 3.8) is 0 Å². The number of hydrogen-bond acceptors (Lipinski definition) is 3. The summed E-state index contributed by atoms with van der Waals surface area (Å²) < 4.78 is 26.9. The standard InChI is InChI=1S/C22H32N2O3S/c25-22(23-21-16-18-8-9-20(21)15-18)19-10-12-24(13-11-19)28(26,27)14-4-7-17-5-2-1-3-6-17/h1-3,5-6,18-21H,4,7-16H2,(H,23,25)/t18-,20-,21-/m0/s1. The lowest BCUT2D eigenvalue weighted by atomic mass is 9.93. The van der Waals surface area contributed by atoms with Gasteiger partial charge in [0.1, 0.15) is 0 Å². The predicted molar refractivity (Wildman–Crippen MR) is 110 cm³/mol. The molecule has 0 aromatic heterocycles. The van der Waals surface area contributed by atoms with Crippen molar-refractivity contribution in [3.8, 4) is 0 Å². The number of amides is 1. The predicted octanol–water partition coefficient (Wildman–Crippen LogP) is 2.97. The van der Waals surface area contributed by atoms with Crippen LogP contribution in [0, 0.1) is 17.8 Å². The van der Waals surface area contributed by atoms with Crippen LogP contribution in [0.4, 0.5) is 0 Å². The molecule has 5 nitrogen and oxygen atoms in total. The SMILES string of the molecule is O=C(N[C@H]1C[C@H]2CC[C@H]1C2)C1CCN(S(=O)(=O)CCCc2ccccc2)CC1. The van der Waals surface area contributed by atoms with E-state index in [0.29, 0.717) is 44.3 Å². The zero-order valence-electron chi connectivity index (χ0n) is 16.6. The lowest BCUT2D eigenvalue weighted by molar-refractivity contribution is -0.127. The Labute approximate surface area is 168 Å². The van der Waals surface area contributed by atoms with Crippen molar-refractivity contribution >= 4 is 15.9 Å². The van der Waals surface area contributed by atoms with Gasteiger partial charge < -0.3 is 5.32 Å². The smallest absolute Gasteiger partial charge is 0.223 e. The van der Waals surface area contributed by atoms with Crippen LogP contribution in [0.2, 0.25) is 0 Å². The average Bonchev–Trinajstić information content (AvgIpc) is 3.32. The molecule has 154 valence electrons. The Kier molecular flexibility index (Phi) is 6.07. The van der Waals surface area contributed by atoms with Crippen LogP contribution < -0.4 is 5.32 Å². The molecule has 3 aliphatic rings. The van der Waals surface area contributed by atoms with Gasteiger partial charge in [0, 0.05) is 25.0 Å². The Morgan fingerprint density at radius 1 is 1.04 bits per heavy atom. The summed E-state index contributed by atoms with van der Waals surface area (Å²) in [7, 11) is -3.23. The maximum absolute atomic E-state index is 12.6. The summed E-state index contributed by atoms with van der Waals surface area (Å²) in [5, 5.41) is 3.28. The van der Waals surface area contributed by atoms with Crippen molar-refractivity contribution in [2.45, 2.75) is 57.4 Å². The lowest BCUT2D eigenvalue weighted by Crippen LogP contribution is -2.46. The van der Waals surface area contributed by atoms with E-state index in [4.69, 9.17) is 0 Å². The minimum atomic E-state index is -3.23. The number of fused-ring (bicyclic) bond motifs is 2. The summed E-state index contributed by atoms with van der Waals surface area (Å²) in [4.78, 5) is 12.6. The number of nitrogens with one attached hydrogen (secondary N) is 1. The molecular formula is C22H32N2O3S. The molecule has 1 heterocycles. The number of piperidine rings is 1. The number of sulfonamides is 1. The second kappa shape index (κ2) is 8.54. The first-order valence-corrected chi connectivity index (χ1v) is 12.4. The van der Waals surface area contributed by atoms with Crippen LogP contribution in [-0.2, 0) is 21.2 Å². The minimum Gasteiger partial charge on any atom is -0.353 e. The van der Waals surface area contributed by atoms with Crippen LogP contribution in [0.5, 0.6) is 0 Å². The van der Waals surface area contributed by atoms with Gasteiger partial charge in [-0.25, -0.2) is 12.7 Å². The van der Waals surface area contributed by atoms with E-state index < -0.39 is 10.0 Å². The molecule has 0 spiro atoms. The number of aryl methyl sites for hydroxylation is 1. The molecule has 3 atom stereocenters. The molecule has 2 bridgehead atoms. The minimum absolute atomic E-state index is 0.0325. The van der Waals surface area contributed by atoms with E-state index in [1.807, 2.05) is 30.3 Å². The van der Waals surface area contributed by atoms with Gasteiger partial charge in [-0.1, -0.05) is 36.8 Å². The third-order valence-corrected chi connectivity index (χ3v) is 8.95. The summed E-state index contributed by atoms with van der Waals surface area (Å²) >= 11 is 0. The third-order valence-electron chi connectivity index (χ3n) is 6.99. The molecule has 3 fully saturated rings. The zero-order valence-corrected chi connectivity index (χ0v) is 17.4. The van der Waals surface area contributed by atoms with Gasteiger partial charge in [-0.2, -0.15) is 0 Å². The second-order valence-electron chi connectivity index (χ2n) is 8.87. The Morgan fingerprint density at radius 2 is 1.79 bits per heavy atom. The van der Waals surface area contributed by atoms with Gasteiger partial charge in [0.2, 0.25) is 15.9 Å². The van der Waals surface area contributed by atoms with E-state index in [9.17, 15) is 13.2 Å². The van der Waals surface area contributed by atoms with Gasteiger partial charge in [-0.05, 0) is 62.3 Å². The van der Waals surface area contributed by atoms with Gasteiger partial charge in [-0.3, -0.25) is 4.79 Å². The number of rotatable bonds is 7. The van der Waals surface area contributed by atoms with E-state index in [0.717, 1.165) is 18.8 Å². The van der Waals surface area contributed by atoms with Crippen LogP contribution >= 0.6 is 0 Å². The molecule has 0 unspecified atom stereocenters. The summed E-state index contributed by atoms with van der Waals surface area (Å²) in [6.45, 7) is 0.949. The average molecular weight is 405 g/mol. The van der Waals surface area contributed by atoms with Crippen molar-refractivity contribution < 1.29 is 13.2 Å². The Morgan fingerprint density at radius 3 is 2.43 bits per heavy atom. The second-order valence-corrected chi connectivity index (χ2v) is 11.0. The highest BCUT2D eigenvalue weighted by molar-refractivity contribution is 7.89. The van der Waals surface area contributed by atoms with Crippen molar-refractivity contribution in [2.24, 2.45) is 17.8 Å². The van der Waals surface area contributed by atoms with E-state index in [1.54, 1.807) is 4.31 Å². The normalized spacial score (nSPS) is 28.5. The zero-order chi connectivity index (χ0) is 19.6. The number of hydrogen-bond donors (Lipinski definition) is 1. The molecule has 1 aliphatic heterocycles. The van der Waals surface area contributed by atoms with Gasteiger partial charge in [0.25, 0.3) is 0 Å². The number of carbonyl (C=O) groups excluding carboxylic acids is 1. The van der Waals surface area contributed by atoms with E-state index in [1.165, 1.54) is 24.8 Å². The summed E-state index contributed by atoms with van der Waals surface area (Å²) in [5.74, 6) is 1.80. The third kappa shape index (κ3) is 4.60. The first-order chi connectivity index (χ1) is 13.5. The molecule has 1 saturated heterocycles. The summed E-state index contributed by atoms with van der Waals surface area (Å²) in [6.07, 6.45) is 7.72. The van der Waals surface area contributed by atoms with Crippen molar-refractivity contribution in [1.29, 1.82) is 0 Å². The van der Waals surface area contributed by atoms with Crippen LogP contribution in [0.25, 0.3) is 0 Å². The van der Waals surface area contributed by atoms with Crippen molar-refractivity contribution in [2.75, 3.05) is 18.8 Å². The maximum Gasteiger partial charge on any atom is 0.223 e.